The van der Waals surface area contributed by atoms with E-state index in [1.807, 2.05) is 11.9 Å². The molecule has 1 aliphatic heterocycles. The first kappa shape index (κ1) is 17.1. The molecular formula is C14H16ClF3N2O2. The molecular weight excluding hydrogens is 321 g/mol. The minimum Gasteiger partial charge on any atom is -0.404 e. The summed E-state index contributed by atoms with van der Waals surface area (Å²) in [6.07, 6.45) is -4.84. The molecule has 0 aromatic heterocycles. The Balaban J connectivity index is 2.05. The van der Waals surface area contributed by atoms with Gasteiger partial charge in [0, 0.05) is 31.7 Å². The van der Waals surface area contributed by atoms with Gasteiger partial charge in [0.05, 0.1) is 11.6 Å². The first-order valence-electron chi connectivity index (χ1n) is 6.74. The van der Waals surface area contributed by atoms with Crippen LogP contribution in [0.4, 0.5) is 13.2 Å². The molecule has 0 unspecified atom stereocenters. The number of hydrogen-bond donors (Lipinski definition) is 0. The largest absolute Gasteiger partial charge is 0.573 e. The zero-order valence-corrected chi connectivity index (χ0v) is 12.7. The van der Waals surface area contributed by atoms with E-state index in [0.29, 0.717) is 0 Å². The van der Waals surface area contributed by atoms with Crippen molar-refractivity contribution < 1.29 is 22.7 Å². The van der Waals surface area contributed by atoms with Gasteiger partial charge in [0.1, 0.15) is 5.75 Å². The van der Waals surface area contributed by atoms with E-state index in [-0.39, 0.29) is 22.9 Å². The second kappa shape index (κ2) is 6.85. The van der Waals surface area contributed by atoms with Crippen molar-refractivity contribution in [2.45, 2.75) is 6.36 Å². The lowest BCUT2D eigenvalue weighted by atomic mass is 10.1. The molecule has 0 atom stereocenters. The number of alkyl halides is 3. The Morgan fingerprint density at radius 2 is 1.91 bits per heavy atom. The molecule has 0 spiro atoms. The number of ether oxygens (including phenoxy) is 1. The smallest absolute Gasteiger partial charge is 0.404 e. The fourth-order valence-electron chi connectivity index (χ4n) is 2.18. The Hall–Kier alpha value is -1.31. The first-order valence-corrected chi connectivity index (χ1v) is 7.12. The van der Waals surface area contributed by atoms with Crippen molar-refractivity contribution in [2.24, 2.45) is 0 Å². The van der Waals surface area contributed by atoms with Gasteiger partial charge in [-0.15, -0.1) is 13.2 Å². The lowest BCUT2D eigenvalue weighted by Gasteiger charge is -2.31. The van der Waals surface area contributed by atoms with Gasteiger partial charge >= 0.3 is 6.36 Å². The van der Waals surface area contributed by atoms with E-state index in [2.05, 4.69) is 9.64 Å². The Kier molecular flexibility index (Phi) is 5.31. The minimum atomic E-state index is -4.84. The van der Waals surface area contributed by atoms with Crippen molar-refractivity contribution in [3.05, 3.63) is 28.8 Å². The summed E-state index contributed by atoms with van der Waals surface area (Å²) in [7, 11) is 2.00. The van der Waals surface area contributed by atoms with E-state index in [0.717, 1.165) is 32.2 Å². The molecule has 1 saturated heterocycles. The number of nitrogens with zero attached hydrogens (tertiary/aromatic N) is 2. The average molecular weight is 337 g/mol. The van der Waals surface area contributed by atoms with Crippen LogP contribution in [0.15, 0.2) is 18.2 Å². The van der Waals surface area contributed by atoms with Crippen molar-refractivity contribution in [1.82, 2.24) is 9.80 Å². The van der Waals surface area contributed by atoms with Gasteiger partial charge in [-0.25, -0.2) is 0 Å². The standard InChI is InChI=1S/C14H16ClF3N2O2/c1-19-4-6-20(7-5-19)9-12(21)10-2-3-11(15)13(8-10)22-14(16,17)18/h2-3,8H,4-7,9H2,1H3. The van der Waals surface area contributed by atoms with Crippen LogP contribution in [-0.4, -0.2) is 61.7 Å². The molecule has 0 radical (unpaired) electrons. The van der Waals surface area contributed by atoms with Crippen LogP contribution in [0.5, 0.6) is 5.75 Å². The predicted octanol–water partition coefficient (Wildman–Crippen LogP) is 2.67. The Morgan fingerprint density at radius 1 is 1.27 bits per heavy atom. The van der Waals surface area contributed by atoms with Crippen molar-refractivity contribution >= 4 is 17.4 Å². The number of rotatable bonds is 4. The zero-order chi connectivity index (χ0) is 16.3. The van der Waals surface area contributed by atoms with Gasteiger partial charge in [-0.05, 0) is 25.2 Å². The van der Waals surface area contributed by atoms with Gasteiger partial charge in [0.2, 0.25) is 0 Å². The molecule has 4 nitrogen and oxygen atoms in total. The van der Waals surface area contributed by atoms with Crippen LogP contribution in [0.25, 0.3) is 0 Å². The highest BCUT2D eigenvalue weighted by Crippen LogP contribution is 2.31. The molecule has 1 fully saturated rings. The van der Waals surface area contributed by atoms with E-state index < -0.39 is 12.1 Å². The topological polar surface area (TPSA) is 32.8 Å². The van der Waals surface area contributed by atoms with Gasteiger partial charge in [0.15, 0.2) is 5.78 Å². The maximum Gasteiger partial charge on any atom is 0.573 e. The van der Waals surface area contributed by atoms with Gasteiger partial charge in [0.25, 0.3) is 0 Å². The van der Waals surface area contributed by atoms with Gasteiger partial charge < -0.3 is 9.64 Å². The number of Topliss-reactive ketones (excluding diaryl/α,β-unsaturated/α-hetero) is 1. The Morgan fingerprint density at radius 3 is 2.50 bits per heavy atom. The molecule has 1 aliphatic rings. The second-order valence-electron chi connectivity index (χ2n) is 5.20. The Bertz CT molecular complexity index is 543. The maximum atomic E-state index is 12.3. The lowest BCUT2D eigenvalue weighted by molar-refractivity contribution is -0.274. The number of benzene rings is 1. The van der Waals surface area contributed by atoms with Crippen LogP contribution in [0.1, 0.15) is 10.4 Å². The monoisotopic (exact) mass is 336 g/mol. The first-order chi connectivity index (χ1) is 10.2. The summed E-state index contributed by atoms with van der Waals surface area (Å²) in [5, 5.41) is -0.187. The maximum absolute atomic E-state index is 12.3. The summed E-state index contributed by atoms with van der Waals surface area (Å²) in [5.74, 6) is -0.813. The molecule has 1 aromatic rings. The lowest BCUT2D eigenvalue weighted by Crippen LogP contribution is -2.46. The highest BCUT2D eigenvalue weighted by molar-refractivity contribution is 6.32. The van der Waals surface area contributed by atoms with E-state index >= 15 is 0 Å². The molecule has 122 valence electrons. The van der Waals surface area contributed by atoms with Crippen LogP contribution >= 0.6 is 11.6 Å². The molecule has 0 N–H and O–H groups in total. The van der Waals surface area contributed by atoms with Crippen molar-refractivity contribution in [1.29, 1.82) is 0 Å². The number of carbonyl (C=O) groups excluding carboxylic acids is 1. The molecule has 0 aliphatic carbocycles. The number of ketones is 1. The average Bonchev–Trinajstić information content (AvgIpc) is 2.42. The second-order valence-corrected chi connectivity index (χ2v) is 5.60. The van der Waals surface area contributed by atoms with Crippen LogP contribution < -0.4 is 4.74 Å². The number of halogens is 4. The van der Waals surface area contributed by atoms with E-state index in [9.17, 15) is 18.0 Å². The molecule has 2 rings (SSSR count). The van der Waals surface area contributed by atoms with E-state index in [4.69, 9.17) is 11.6 Å². The van der Waals surface area contributed by atoms with Crippen LogP contribution in [-0.2, 0) is 0 Å². The summed E-state index contributed by atoms with van der Waals surface area (Å²) in [6, 6.07) is 3.68. The third kappa shape index (κ3) is 4.86. The molecule has 22 heavy (non-hydrogen) atoms. The fraction of sp³-hybridized carbons (Fsp3) is 0.500. The number of carbonyl (C=O) groups is 1. The number of hydrogen-bond acceptors (Lipinski definition) is 4. The van der Waals surface area contributed by atoms with E-state index in [1.54, 1.807) is 0 Å². The molecule has 0 amide bonds. The summed E-state index contributed by atoms with van der Waals surface area (Å²) in [5.41, 5.74) is 0.155. The summed E-state index contributed by atoms with van der Waals surface area (Å²) in [4.78, 5) is 16.3. The summed E-state index contributed by atoms with van der Waals surface area (Å²) < 4.78 is 40.7. The highest BCUT2D eigenvalue weighted by Gasteiger charge is 2.32. The van der Waals surface area contributed by atoms with E-state index in [1.165, 1.54) is 12.1 Å². The van der Waals surface area contributed by atoms with Crippen LogP contribution in [0, 0.1) is 0 Å². The van der Waals surface area contributed by atoms with Crippen LogP contribution in [0.2, 0.25) is 5.02 Å². The third-order valence-electron chi connectivity index (χ3n) is 3.44. The SMILES string of the molecule is CN1CCN(CC(=O)c2ccc(Cl)c(OC(F)(F)F)c2)CC1. The third-order valence-corrected chi connectivity index (χ3v) is 3.75. The molecule has 1 heterocycles. The normalized spacial score (nSPS) is 17.5. The van der Waals surface area contributed by atoms with Crippen molar-refractivity contribution in [2.75, 3.05) is 39.8 Å². The summed E-state index contributed by atoms with van der Waals surface area (Å²) >= 11 is 5.66. The molecule has 0 bridgehead atoms. The van der Waals surface area contributed by atoms with Crippen molar-refractivity contribution in [3.63, 3.8) is 0 Å². The van der Waals surface area contributed by atoms with Gasteiger partial charge in [-0.2, -0.15) is 0 Å². The molecule has 8 heteroatoms. The van der Waals surface area contributed by atoms with Crippen LogP contribution in [0.3, 0.4) is 0 Å². The predicted molar refractivity (Wildman–Crippen MR) is 76.4 cm³/mol. The number of piperazine rings is 1. The molecule has 1 aromatic carbocycles. The molecule has 0 saturated carbocycles. The Labute approximate surface area is 131 Å². The zero-order valence-electron chi connectivity index (χ0n) is 12.0. The highest BCUT2D eigenvalue weighted by atomic mass is 35.5. The quantitative estimate of drug-likeness (QED) is 0.791. The van der Waals surface area contributed by atoms with Gasteiger partial charge in [-0.3, -0.25) is 9.69 Å². The summed E-state index contributed by atoms with van der Waals surface area (Å²) in [6.45, 7) is 3.39. The van der Waals surface area contributed by atoms with Crippen molar-refractivity contribution in [3.8, 4) is 5.75 Å². The fourth-order valence-corrected chi connectivity index (χ4v) is 2.34. The van der Waals surface area contributed by atoms with Gasteiger partial charge in [-0.1, -0.05) is 11.6 Å². The number of likely N-dealkylation sites (N-methyl/N-ethyl adjacent to an activating group) is 1. The minimum absolute atomic E-state index is 0.155.